The van der Waals surface area contributed by atoms with Crippen LogP contribution in [0, 0.1) is 17.1 Å². The lowest BCUT2D eigenvalue weighted by atomic mass is 10.2. The second kappa shape index (κ2) is 7.41. The Morgan fingerprint density at radius 2 is 2.33 bits per heavy atom. The Balaban J connectivity index is 2.35. The first-order valence-electron chi connectivity index (χ1n) is 5.68. The lowest BCUT2D eigenvalue weighted by molar-refractivity contribution is -0.122. The second-order valence-corrected chi connectivity index (χ2v) is 4.06. The van der Waals surface area contributed by atoms with Gasteiger partial charge in [0.25, 0.3) is 0 Å². The molecule has 0 radical (unpaired) electrons. The molecule has 0 aliphatic rings. The van der Waals surface area contributed by atoms with E-state index in [4.69, 9.17) is 5.26 Å². The maximum absolute atomic E-state index is 13.0. The third kappa shape index (κ3) is 5.41. The van der Waals surface area contributed by atoms with Gasteiger partial charge < -0.3 is 5.32 Å². The minimum absolute atomic E-state index is 0.135. The van der Waals surface area contributed by atoms with Crippen molar-refractivity contribution in [3.05, 3.63) is 35.6 Å². The molecule has 0 spiro atoms. The number of hydrogen-bond donors (Lipinski definition) is 1. The number of hydrogen-bond acceptors (Lipinski definition) is 3. The first kappa shape index (κ1) is 14.1. The Kier molecular flexibility index (Phi) is 5.81. The summed E-state index contributed by atoms with van der Waals surface area (Å²) in [5, 5.41) is 11.0. The van der Waals surface area contributed by atoms with Crippen molar-refractivity contribution in [3.8, 4) is 6.07 Å². The van der Waals surface area contributed by atoms with E-state index < -0.39 is 0 Å². The predicted molar refractivity (Wildman–Crippen MR) is 66.0 cm³/mol. The topological polar surface area (TPSA) is 56.1 Å². The number of halogens is 1. The molecule has 0 fully saturated rings. The maximum atomic E-state index is 13.0. The third-order valence-corrected chi connectivity index (χ3v) is 2.31. The first-order chi connectivity index (χ1) is 8.61. The van der Waals surface area contributed by atoms with Crippen molar-refractivity contribution in [1.29, 1.82) is 5.26 Å². The van der Waals surface area contributed by atoms with Gasteiger partial charge in [-0.3, -0.25) is 9.69 Å². The Labute approximate surface area is 106 Å². The highest BCUT2D eigenvalue weighted by molar-refractivity contribution is 5.77. The molecule has 1 amide bonds. The quantitative estimate of drug-likeness (QED) is 0.773. The normalized spacial score (nSPS) is 10.1. The van der Waals surface area contributed by atoms with Crippen molar-refractivity contribution in [2.24, 2.45) is 0 Å². The zero-order valence-electron chi connectivity index (χ0n) is 10.3. The number of nitrogens with zero attached hydrogens (tertiary/aromatic N) is 2. The molecular formula is C13H16FN3O. The number of amides is 1. The summed E-state index contributed by atoms with van der Waals surface area (Å²) in [5.74, 6) is -0.413. The van der Waals surface area contributed by atoms with Crippen molar-refractivity contribution >= 4 is 5.91 Å². The molecule has 0 unspecified atom stereocenters. The standard InChI is InChI=1S/C13H16FN3O/c1-17(10-13(18)16-7-3-6-15)9-11-4-2-5-12(14)8-11/h2,4-5,8H,3,7,9-10H2,1H3,(H,16,18). The van der Waals surface area contributed by atoms with E-state index in [1.807, 2.05) is 12.1 Å². The number of likely N-dealkylation sites (N-methyl/N-ethyl adjacent to an activating group) is 1. The van der Waals surface area contributed by atoms with Gasteiger partial charge in [0.15, 0.2) is 0 Å². The largest absolute Gasteiger partial charge is 0.354 e. The van der Waals surface area contributed by atoms with Crippen molar-refractivity contribution in [2.75, 3.05) is 20.1 Å². The van der Waals surface area contributed by atoms with Gasteiger partial charge in [-0.2, -0.15) is 5.26 Å². The fourth-order valence-electron chi connectivity index (χ4n) is 1.56. The third-order valence-electron chi connectivity index (χ3n) is 2.31. The molecule has 0 saturated heterocycles. The number of carbonyl (C=O) groups excluding carboxylic acids is 1. The van der Waals surface area contributed by atoms with Crippen LogP contribution in [0.15, 0.2) is 24.3 Å². The molecule has 0 atom stereocenters. The van der Waals surface area contributed by atoms with Crippen molar-refractivity contribution < 1.29 is 9.18 Å². The molecule has 18 heavy (non-hydrogen) atoms. The van der Waals surface area contributed by atoms with Crippen LogP contribution in [0.4, 0.5) is 4.39 Å². The number of nitrogens with one attached hydrogen (secondary N) is 1. The fourth-order valence-corrected chi connectivity index (χ4v) is 1.56. The lowest BCUT2D eigenvalue weighted by Crippen LogP contribution is -2.35. The highest BCUT2D eigenvalue weighted by Crippen LogP contribution is 2.05. The maximum Gasteiger partial charge on any atom is 0.234 e. The smallest absolute Gasteiger partial charge is 0.234 e. The van der Waals surface area contributed by atoms with Gasteiger partial charge in [-0.1, -0.05) is 12.1 Å². The van der Waals surface area contributed by atoms with E-state index in [0.717, 1.165) is 5.56 Å². The van der Waals surface area contributed by atoms with Gasteiger partial charge in [0.1, 0.15) is 5.82 Å². The summed E-state index contributed by atoms with van der Waals surface area (Å²) in [5.41, 5.74) is 0.822. The molecule has 1 aromatic rings. The van der Waals surface area contributed by atoms with E-state index in [0.29, 0.717) is 19.5 Å². The number of rotatable bonds is 6. The second-order valence-electron chi connectivity index (χ2n) is 4.06. The molecule has 1 rings (SSSR count). The minimum Gasteiger partial charge on any atom is -0.354 e. The van der Waals surface area contributed by atoms with Crippen molar-refractivity contribution in [2.45, 2.75) is 13.0 Å². The van der Waals surface area contributed by atoms with E-state index in [-0.39, 0.29) is 18.3 Å². The van der Waals surface area contributed by atoms with Gasteiger partial charge in [-0.05, 0) is 24.7 Å². The first-order valence-corrected chi connectivity index (χ1v) is 5.68. The molecule has 0 aliphatic carbocycles. The van der Waals surface area contributed by atoms with Crippen LogP contribution >= 0.6 is 0 Å². The molecule has 96 valence electrons. The average molecular weight is 249 g/mol. The number of benzene rings is 1. The van der Waals surface area contributed by atoms with Gasteiger partial charge in [-0.15, -0.1) is 0 Å². The van der Waals surface area contributed by atoms with Gasteiger partial charge in [0.2, 0.25) is 5.91 Å². The summed E-state index contributed by atoms with van der Waals surface area (Å²) in [6, 6.07) is 8.24. The predicted octanol–water partition coefficient (Wildman–Crippen LogP) is 1.29. The van der Waals surface area contributed by atoms with Crippen molar-refractivity contribution in [1.82, 2.24) is 10.2 Å². The van der Waals surface area contributed by atoms with Gasteiger partial charge in [0.05, 0.1) is 19.0 Å². The van der Waals surface area contributed by atoms with E-state index in [1.54, 1.807) is 18.0 Å². The Morgan fingerprint density at radius 3 is 3.00 bits per heavy atom. The van der Waals surface area contributed by atoms with Gasteiger partial charge in [0, 0.05) is 13.1 Å². The molecule has 1 N–H and O–H groups in total. The van der Waals surface area contributed by atoms with Gasteiger partial charge in [-0.25, -0.2) is 4.39 Å². The van der Waals surface area contributed by atoms with Crippen LogP contribution in [0.25, 0.3) is 0 Å². The summed E-state index contributed by atoms with van der Waals surface area (Å²) >= 11 is 0. The molecule has 0 bridgehead atoms. The zero-order chi connectivity index (χ0) is 13.4. The monoisotopic (exact) mass is 249 g/mol. The molecule has 4 nitrogen and oxygen atoms in total. The number of nitriles is 1. The van der Waals surface area contributed by atoms with Gasteiger partial charge >= 0.3 is 0 Å². The van der Waals surface area contributed by atoms with Crippen LogP contribution in [-0.4, -0.2) is 30.9 Å². The summed E-state index contributed by atoms with van der Waals surface area (Å²) in [6.45, 7) is 1.09. The van der Waals surface area contributed by atoms with E-state index >= 15 is 0 Å². The summed E-state index contributed by atoms with van der Waals surface area (Å²) in [7, 11) is 1.79. The van der Waals surface area contributed by atoms with Crippen LogP contribution in [-0.2, 0) is 11.3 Å². The van der Waals surface area contributed by atoms with E-state index in [9.17, 15) is 9.18 Å². The van der Waals surface area contributed by atoms with Crippen LogP contribution in [0.3, 0.4) is 0 Å². The molecule has 0 heterocycles. The summed E-state index contributed by atoms with van der Waals surface area (Å²) in [6.07, 6.45) is 0.305. The SMILES string of the molecule is CN(CC(=O)NCCC#N)Cc1cccc(F)c1. The van der Waals surface area contributed by atoms with E-state index in [2.05, 4.69) is 5.32 Å². The zero-order valence-corrected chi connectivity index (χ0v) is 10.3. The Bertz CT molecular complexity index is 442. The molecular weight excluding hydrogens is 233 g/mol. The highest BCUT2D eigenvalue weighted by Gasteiger charge is 2.06. The summed E-state index contributed by atoms with van der Waals surface area (Å²) in [4.78, 5) is 13.2. The number of carbonyl (C=O) groups is 1. The molecule has 0 aromatic heterocycles. The minimum atomic E-state index is -0.278. The molecule has 0 aliphatic heterocycles. The van der Waals surface area contributed by atoms with Crippen molar-refractivity contribution in [3.63, 3.8) is 0 Å². The lowest BCUT2D eigenvalue weighted by Gasteiger charge is -2.16. The molecule has 1 aromatic carbocycles. The Hall–Kier alpha value is -1.93. The van der Waals surface area contributed by atoms with E-state index in [1.165, 1.54) is 12.1 Å². The average Bonchev–Trinajstić information content (AvgIpc) is 2.29. The van der Waals surface area contributed by atoms with Crippen LogP contribution in [0.1, 0.15) is 12.0 Å². The van der Waals surface area contributed by atoms with Crippen LogP contribution < -0.4 is 5.32 Å². The summed E-state index contributed by atoms with van der Waals surface area (Å²) < 4.78 is 13.0. The fraction of sp³-hybridized carbons (Fsp3) is 0.385. The highest BCUT2D eigenvalue weighted by atomic mass is 19.1. The Morgan fingerprint density at radius 1 is 1.56 bits per heavy atom. The van der Waals surface area contributed by atoms with Crippen LogP contribution in [0.2, 0.25) is 0 Å². The van der Waals surface area contributed by atoms with Crippen LogP contribution in [0.5, 0.6) is 0 Å². The molecule has 5 heteroatoms. The molecule has 0 saturated carbocycles.